The van der Waals surface area contributed by atoms with E-state index in [-0.39, 0.29) is 12.1 Å². The van der Waals surface area contributed by atoms with Gasteiger partial charge < -0.3 is 15.4 Å². The summed E-state index contributed by atoms with van der Waals surface area (Å²) in [5, 5.41) is 6.43. The average molecular weight is 290 g/mol. The maximum Gasteiger partial charge on any atom is 0.407 e. The molecule has 4 nitrogen and oxygen atoms in total. The Labute approximate surface area is 127 Å². The van der Waals surface area contributed by atoms with Crippen LogP contribution in [0.1, 0.15) is 32.8 Å². The zero-order chi connectivity index (χ0) is 15.3. The Morgan fingerprint density at radius 2 is 2.10 bits per heavy atom. The Balaban J connectivity index is 2.00. The predicted octanol–water partition coefficient (Wildman–Crippen LogP) is 2.73. The summed E-state index contributed by atoms with van der Waals surface area (Å²) in [6, 6.07) is 10.4. The summed E-state index contributed by atoms with van der Waals surface area (Å²) < 4.78 is 5.40. The molecule has 0 radical (unpaired) electrons. The molecule has 2 N–H and O–H groups in total. The molecule has 1 saturated heterocycles. The Kier molecular flexibility index (Phi) is 5.23. The van der Waals surface area contributed by atoms with Crippen molar-refractivity contribution in [2.75, 3.05) is 13.1 Å². The van der Waals surface area contributed by atoms with Crippen LogP contribution in [-0.2, 0) is 11.2 Å². The van der Waals surface area contributed by atoms with Crippen LogP contribution in [0.15, 0.2) is 30.3 Å². The first-order chi connectivity index (χ1) is 9.94. The molecule has 1 fully saturated rings. The molecule has 0 aliphatic carbocycles. The number of benzene rings is 1. The lowest BCUT2D eigenvalue weighted by atomic mass is 9.93. The fourth-order valence-corrected chi connectivity index (χ4v) is 2.68. The van der Waals surface area contributed by atoms with Crippen LogP contribution in [0.4, 0.5) is 4.79 Å². The molecule has 1 aromatic rings. The van der Waals surface area contributed by atoms with Gasteiger partial charge in [0.1, 0.15) is 5.60 Å². The quantitative estimate of drug-likeness (QED) is 0.896. The average Bonchev–Trinajstić information content (AvgIpc) is 2.90. The van der Waals surface area contributed by atoms with Crippen molar-refractivity contribution in [3.63, 3.8) is 0 Å². The van der Waals surface area contributed by atoms with Crippen LogP contribution in [0.25, 0.3) is 0 Å². The minimum atomic E-state index is -0.463. The molecule has 1 heterocycles. The van der Waals surface area contributed by atoms with E-state index in [1.807, 2.05) is 39.0 Å². The van der Waals surface area contributed by atoms with E-state index in [1.54, 1.807) is 0 Å². The summed E-state index contributed by atoms with van der Waals surface area (Å²) in [7, 11) is 0. The molecule has 4 heteroatoms. The van der Waals surface area contributed by atoms with E-state index in [2.05, 4.69) is 22.8 Å². The van der Waals surface area contributed by atoms with Crippen molar-refractivity contribution in [3.8, 4) is 0 Å². The number of hydrogen-bond donors (Lipinski definition) is 2. The minimum absolute atomic E-state index is 0.109. The minimum Gasteiger partial charge on any atom is -0.444 e. The van der Waals surface area contributed by atoms with E-state index in [9.17, 15) is 4.79 Å². The molecule has 0 bridgehead atoms. The van der Waals surface area contributed by atoms with E-state index >= 15 is 0 Å². The SMILES string of the molecule is CC(C)(C)OC(=O)N[C@H](Cc1ccccc1)C1CCNC1. The molecule has 0 aromatic heterocycles. The third kappa shape index (κ3) is 5.38. The van der Waals surface area contributed by atoms with Gasteiger partial charge in [-0.1, -0.05) is 30.3 Å². The van der Waals surface area contributed by atoms with Crippen molar-refractivity contribution in [2.24, 2.45) is 5.92 Å². The van der Waals surface area contributed by atoms with E-state index in [4.69, 9.17) is 4.74 Å². The van der Waals surface area contributed by atoms with Gasteiger partial charge in [-0.15, -0.1) is 0 Å². The first-order valence-corrected chi connectivity index (χ1v) is 7.68. The van der Waals surface area contributed by atoms with Crippen LogP contribution in [0, 0.1) is 5.92 Å². The number of nitrogens with one attached hydrogen (secondary N) is 2. The number of carbonyl (C=O) groups is 1. The highest BCUT2D eigenvalue weighted by atomic mass is 16.6. The van der Waals surface area contributed by atoms with Gasteiger partial charge in [0.15, 0.2) is 0 Å². The second-order valence-corrected chi connectivity index (χ2v) is 6.70. The number of rotatable bonds is 4. The molecular weight excluding hydrogens is 264 g/mol. The zero-order valence-electron chi connectivity index (χ0n) is 13.2. The van der Waals surface area contributed by atoms with Gasteiger partial charge >= 0.3 is 6.09 Å². The van der Waals surface area contributed by atoms with Gasteiger partial charge in [-0.3, -0.25) is 0 Å². The van der Waals surface area contributed by atoms with Gasteiger partial charge in [0.2, 0.25) is 0 Å². The molecule has 0 saturated carbocycles. The van der Waals surface area contributed by atoms with Crippen molar-refractivity contribution >= 4 is 6.09 Å². The van der Waals surface area contributed by atoms with E-state index < -0.39 is 5.60 Å². The van der Waals surface area contributed by atoms with E-state index in [0.717, 1.165) is 25.9 Å². The molecule has 1 amide bonds. The maximum atomic E-state index is 12.1. The highest BCUT2D eigenvalue weighted by Gasteiger charge is 2.28. The number of ether oxygens (including phenoxy) is 1. The second kappa shape index (κ2) is 6.94. The molecule has 2 atom stereocenters. The van der Waals surface area contributed by atoms with Crippen molar-refractivity contribution in [1.29, 1.82) is 0 Å². The number of hydrogen-bond acceptors (Lipinski definition) is 3. The molecule has 116 valence electrons. The molecule has 1 aliphatic heterocycles. The van der Waals surface area contributed by atoms with Gasteiger partial charge in [0, 0.05) is 6.04 Å². The molecule has 1 aliphatic rings. The highest BCUT2D eigenvalue weighted by Crippen LogP contribution is 2.18. The van der Waals surface area contributed by atoms with Crippen molar-refractivity contribution in [3.05, 3.63) is 35.9 Å². The smallest absolute Gasteiger partial charge is 0.407 e. The third-order valence-electron chi connectivity index (χ3n) is 3.67. The van der Waals surface area contributed by atoms with E-state index in [0.29, 0.717) is 5.92 Å². The molecule has 21 heavy (non-hydrogen) atoms. The van der Waals surface area contributed by atoms with Gasteiger partial charge in [0.05, 0.1) is 0 Å². The van der Waals surface area contributed by atoms with Crippen LogP contribution in [0.5, 0.6) is 0 Å². The monoisotopic (exact) mass is 290 g/mol. The molecule has 0 spiro atoms. The fourth-order valence-electron chi connectivity index (χ4n) is 2.68. The maximum absolute atomic E-state index is 12.1. The number of alkyl carbamates (subject to hydrolysis) is 1. The summed E-state index contributed by atoms with van der Waals surface area (Å²) >= 11 is 0. The van der Waals surface area contributed by atoms with E-state index in [1.165, 1.54) is 5.56 Å². The normalized spacial score (nSPS) is 20.0. The summed E-state index contributed by atoms with van der Waals surface area (Å²) in [6.45, 7) is 7.63. The Hall–Kier alpha value is -1.55. The molecule has 1 unspecified atom stereocenters. The summed E-state index contributed by atoms with van der Waals surface area (Å²) in [4.78, 5) is 12.1. The van der Waals surface area contributed by atoms with Crippen LogP contribution < -0.4 is 10.6 Å². The van der Waals surface area contributed by atoms with Crippen molar-refractivity contribution in [1.82, 2.24) is 10.6 Å². The van der Waals surface area contributed by atoms with Crippen molar-refractivity contribution < 1.29 is 9.53 Å². The third-order valence-corrected chi connectivity index (χ3v) is 3.67. The Morgan fingerprint density at radius 3 is 2.67 bits per heavy atom. The topological polar surface area (TPSA) is 50.4 Å². The van der Waals surface area contributed by atoms with Crippen LogP contribution in [-0.4, -0.2) is 30.8 Å². The second-order valence-electron chi connectivity index (χ2n) is 6.70. The summed E-state index contributed by atoms with van der Waals surface area (Å²) in [5.74, 6) is 0.456. The first kappa shape index (κ1) is 15.8. The first-order valence-electron chi connectivity index (χ1n) is 7.68. The predicted molar refractivity (Wildman–Crippen MR) is 84.3 cm³/mol. The molecule has 1 aromatic carbocycles. The van der Waals surface area contributed by atoms with Crippen molar-refractivity contribution in [2.45, 2.75) is 45.3 Å². The Morgan fingerprint density at radius 1 is 1.38 bits per heavy atom. The largest absolute Gasteiger partial charge is 0.444 e. The lowest BCUT2D eigenvalue weighted by molar-refractivity contribution is 0.0488. The molecule has 2 rings (SSSR count). The van der Waals surface area contributed by atoms with Crippen LogP contribution in [0.3, 0.4) is 0 Å². The number of carbonyl (C=O) groups excluding carboxylic acids is 1. The standard InChI is InChI=1S/C17H26N2O2/c1-17(2,3)21-16(20)19-15(14-9-10-18-12-14)11-13-7-5-4-6-8-13/h4-8,14-15,18H,9-12H2,1-3H3,(H,19,20)/t14?,15-/m1/s1. The van der Waals surface area contributed by atoms with Crippen LogP contribution >= 0.6 is 0 Å². The zero-order valence-corrected chi connectivity index (χ0v) is 13.2. The summed E-state index contributed by atoms with van der Waals surface area (Å²) in [6.07, 6.45) is 1.61. The summed E-state index contributed by atoms with van der Waals surface area (Å²) in [5.41, 5.74) is 0.778. The lowest BCUT2D eigenvalue weighted by Gasteiger charge is -2.27. The van der Waals surface area contributed by atoms with Crippen LogP contribution in [0.2, 0.25) is 0 Å². The fraction of sp³-hybridized carbons (Fsp3) is 0.588. The van der Waals surface area contributed by atoms with Gasteiger partial charge in [0.25, 0.3) is 0 Å². The number of amides is 1. The molecular formula is C17H26N2O2. The Bertz CT molecular complexity index is 448. The van der Waals surface area contributed by atoms with Gasteiger partial charge in [-0.25, -0.2) is 4.79 Å². The highest BCUT2D eigenvalue weighted by molar-refractivity contribution is 5.68. The van der Waals surface area contributed by atoms with Gasteiger partial charge in [-0.05, 0) is 58.2 Å². The van der Waals surface area contributed by atoms with Gasteiger partial charge in [-0.2, -0.15) is 0 Å². The lowest BCUT2D eigenvalue weighted by Crippen LogP contribution is -2.44.